The molecule has 0 spiro atoms. The number of carbonyl (C=O) groups is 8. The summed E-state index contributed by atoms with van der Waals surface area (Å²) in [4.78, 5) is 115. The first kappa shape index (κ1) is 51.5. The maximum absolute atomic E-state index is 15.6. The third-order valence-corrected chi connectivity index (χ3v) is 12.6. The number of carboxylic acids is 1. The number of nitrogens with zero attached hydrogens (tertiary/aromatic N) is 3. The maximum Gasteiger partial charge on any atom is 0.407 e. The molecule has 370 valence electrons. The maximum atomic E-state index is 15.6. The number of hydrogen-bond acceptors (Lipinski definition) is 11. The molecule has 1 unspecified atom stereocenters. The molecule has 1 saturated heterocycles. The number of alkyl halides is 1. The lowest BCUT2D eigenvalue weighted by Crippen LogP contribution is -2.45. The van der Waals surface area contributed by atoms with E-state index in [1.807, 2.05) is 0 Å². The normalized spacial score (nSPS) is 18.3. The van der Waals surface area contributed by atoms with Crippen LogP contribution in [-0.2, 0) is 35.3 Å². The zero-order valence-corrected chi connectivity index (χ0v) is 38.8. The summed E-state index contributed by atoms with van der Waals surface area (Å²) in [6.45, 7) is 4.17. The minimum Gasteiger partial charge on any atom is -0.477 e. The number of carboxylic acid groups (broad SMARTS) is 1. The molecule has 7 N–H and O–H groups in total. The van der Waals surface area contributed by atoms with E-state index in [2.05, 4.69) is 21.3 Å². The summed E-state index contributed by atoms with van der Waals surface area (Å²) in [5.74, 6) is -5.47. The first-order valence-electron chi connectivity index (χ1n) is 22.7. The van der Waals surface area contributed by atoms with Crippen molar-refractivity contribution in [2.24, 2.45) is 17.6 Å². The number of ketones is 1. The van der Waals surface area contributed by atoms with Gasteiger partial charge < -0.3 is 46.3 Å². The van der Waals surface area contributed by atoms with Crippen LogP contribution < -0.4 is 37.3 Å². The van der Waals surface area contributed by atoms with Gasteiger partial charge in [-0.05, 0) is 61.8 Å². The van der Waals surface area contributed by atoms with Crippen LogP contribution in [0, 0.1) is 17.7 Å². The highest BCUT2D eigenvalue weighted by Gasteiger charge is 2.41. The second kappa shape index (κ2) is 22.9. The number of fused-ring (bicyclic) bond motifs is 1. The zero-order valence-electron chi connectivity index (χ0n) is 38.1. The molecule has 7 amide bonds. The van der Waals surface area contributed by atoms with Gasteiger partial charge in [0, 0.05) is 75.4 Å². The van der Waals surface area contributed by atoms with Gasteiger partial charge in [0.05, 0.1) is 39.7 Å². The summed E-state index contributed by atoms with van der Waals surface area (Å²) < 4.78 is 36.6. The summed E-state index contributed by atoms with van der Waals surface area (Å²) in [5.41, 5.74) is 4.51. The van der Waals surface area contributed by atoms with Crippen LogP contribution in [0.3, 0.4) is 0 Å². The van der Waals surface area contributed by atoms with Crippen molar-refractivity contribution in [3.05, 3.63) is 80.9 Å². The Balaban J connectivity index is 0.992. The number of unbranched alkanes of at least 4 members (excludes halogenated alkanes) is 2. The molecule has 22 heteroatoms. The van der Waals surface area contributed by atoms with Crippen LogP contribution in [0.1, 0.15) is 93.6 Å². The van der Waals surface area contributed by atoms with E-state index >= 15 is 4.39 Å². The van der Waals surface area contributed by atoms with Gasteiger partial charge >= 0.3 is 18.1 Å². The number of benzene rings is 2. The minimum atomic E-state index is -1.54. The molecule has 69 heavy (non-hydrogen) atoms. The van der Waals surface area contributed by atoms with E-state index in [0.29, 0.717) is 43.4 Å². The van der Waals surface area contributed by atoms with Crippen molar-refractivity contribution in [3.8, 4) is 0 Å². The fourth-order valence-corrected chi connectivity index (χ4v) is 8.86. The van der Waals surface area contributed by atoms with E-state index in [-0.39, 0.29) is 110 Å². The summed E-state index contributed by atoms with van der Waals surface area (Å²) in [5, 5.41) is 19.9. The first-order valence-corrected chi connectivity index (χ1v) is 23.1. The van der Waals surface area contributed by atoms with Crippen LogP contribution in [0.4, 0.5) is 29.7 Å². The number of nitrogens with two attached hydrogens (primary N) is 1. The number of anilines is 2. The molecule has 1 aromatic heterocycles. The molecule has 0 bridgehead atoms. The minimum absolute atomic E-state index is 0.0192. The van der Waals surface area contributed by atoms with Crippen LogP contribution in [0.5, 0.6) is 0 Å². The van der Waals surface area contributed by atoms with Gasteiger partial charge in [0.15, 0.2) is 5.78 Å². The van der Waals surface area contributed by atoms with Gasteiger partial charge in [0.2, 0.25) is 17.2 Å². The van der Waals surface area contributed by atoms with Crippen LogP contribution in [-0.4, -0.2) is 107 Å². The second-order valence-electron chi connectivity index (χ2n) is 17.7. The summed E-state index contributed by atoms with van der Waals surface area (Å²) in [6, 6.07) is 4.45. The quantitative estimate of drug-likeness (QED) is 0.0549. The predicted octanol–water partition coefficient (Wildman–Crippen LogP) is 4.87. The van der Waals surface area contributed by atoms with Crippen LogP contribution in [0.15, 0.2) is 53.5 Å². The largest absolute Gasteiger partial charge is 0.477 e. The van der Waals surface area contributed by atoms with Crippen molar-refractivity contribution in [1.29, 1.82) is 0 Å². The zero-order chi connectivity index (χ0) is 50.1. The molecule has 6 rings (SSSR count). The summed E-state index contributed by atoms with van der Waals surface area (Å²) in [6.07, 6.45) is 3.86. The van der Waals surface area contributed by atoms with Gasteiger partial charge in [-0.1, -0.05) is 44.0 Å². The predicted molar refractivity (Wildman–Crippen MR) is 249 cm³/mol. The Kier molecular flexibility index (Phi) is 17.1. The number of amides is 7. The number of hydrogen-bond donors (Lipinski definition) is 6. The number of rotatable bonds is 23. The number of aromatic nitrogens is 1. The molecule has 3 heterocycles. The Morgan fingerprint density at radius 3 is 2.33 bits per heavy atom. The van der Waals surface area contributed by atoms with Crippen molar-refractivity contribution >= 4 is 81.4 Å². The molecule has 0 radical (unpaired) electrons. The Hall–Kier alpha value is -6.90. The van der Waals surface area contributed by atoms with Crippen molar-refractivity contribution in [3.63, 3.8) is 0 Å². The summed E-state index contributed by atoms with van der Waals surface area (Å²) in [7, 11) is 0. The van der Waals surface area contributed by atoms with Gasteiger partial charge in [0.1, 0.15) is 24.2 Å². The fourth-order valence-electron chi connectivity index (χ4n) is 8.45. The Morgan fingerprint density at radius 2 is 1.70 bits per heavy atom. The number of ether oxygens (including phenoxy) is 1. The smallest absolute Gasteiger partial charge is 0.407 e. The van der Waals surface area contributed by atoms with Gasteiger partial charge in [0.25, 0.3) is 11.8 Å². The molecule has 5 atom stereocenters. The van der Waals surface area contributed by atoms with E-state index in [4.69, 9.17) is 22.1 Å². The fraction of sp³-hybridized carbons (Fsp3) is 0.468. The third-order valence-electron chi connectivity index (χ3n) is 12.2. The number of urea groups is 1. The van der Waals surface area contributed by atoms with E-state index in [1.54, 1.807) is 43.0 Å². The van der Waals surface area contributed by atoms with E-state index in [0.717, 1.165) is 17.2 Å². The second-order valence-corrected chi connectivity index (χ2v) is 18.1. The number of Topliss-reactive ketones (excluding diaryl/α,β-unsaturated/α-hetero) is 1. The molecule has 3 aliphatic rings. The number of primary amides is 1. The van der Waals surface area contributed by atoms with Crippen molar-refractivity contribution in [2.45, 2.75) is 103 Å². The third kappa shape index (κ3) is 13.2. The Labute approximate surface area is 400 Å². The van der Waals surface area contributed by atoms with E-state index in [9.17, 15) is 52.6 Å². The van der Waals surface area contributed by atoms with Crippen molar-refractivity contribution in [1.82, 2.24) is 25.4 Å². The van der Waals surface area contributed by atoms with E-state index in [1.165, 1.54) is 16.7 Å². The molecule has 19 nitrogen and oxygen atoms in total. The van der Waals surface area contributed by atoms with E-state index < -0.39 is 71.0 Å². The van der Waals surface area contributed by atoms with Gasteiger partial charge in [-0.15, -0.1) is 0 Å². The van der Waals surface area contributed by atoms with Crippen molar-refractivity contribution < 1.29 is 57.0 Å². The van der Waals surface area contributed by atoms with Gasteiger partial charge in [-0.3, -0.25) is 33.7 Å². The summed E-state index contributed by atoms with van der Waals surface area (Å²) >= 11 is 6.71. The number of nitrogens with one attached hydrogen (secondary N) is 4. The topological polar surface area (TPSA) is 269 Å². The molecule has 2 aromatic carbocycles. The number of pyridine rings is 1. The molecule has 1 saturated carbocycles. The number of imide groups is 1. The molecule has 2 fully saturated rings. The molecular weight excluding hydrogens is 926 g/mol. The van der Waals surface area contributed by atoms with Crippen LogP contribution in [0.2, 0.25) is 5.02 Å². The first-order chi connectivity index (χ1) is 32.8. The highest BCUT2D eigenvalue weighted by atomic mass is 35.5. The number of alkyl carbamates (subject to hydrolysis) is 1. The van der Waals surface area contributed by atoms with Crippen LogP contribution >= 0.6 is 11.6 Å². The SMILES string of the molecule is CC(C)[C@H](NC(=O)CCCCCN1C(=O)C=CC1=O)C(=O)C[C@@H](CCCNC(N)=O)C(=O)Nc1ccc(COC(=O)NC2CCN(c3c(F)cc4c(=O)c(C(=O)O)cn([C@H]5C[C@@H]5F)c4c3Cl)C2)cc1. The molecular formula is C47H55ClF2N8O11. The highest BCUT2D eigenvalue weighted by molar-refractivity contribution is 6.38. The molecule has 3 aromatic rings. The lowest BCUT2D eigenvalue weighted by molar-refractivity contribution is -0.137. The average molecular weight is 981 g/mol. The number of halogens is 3. The van der Waals surface area contributed by atoms with Gasteiger partial charge in [-0.25, -0.2) is 23.2 Å². The monoisotopic (exact) mass is 980 g/mol. The standard InChI is InChI=1S/C47H55ClF2N8O11/c1-25(2)40(55-36(60)8-4-3-5-17-57-37(61)13-14-38(57)62)35(59)19-27(7-6-16-52-46(51)67)44(64)53-28-11-9-26(10-12-28)24-69-47(68)54-29-15-18-56(22-29)42-33(50)20-30-41(39(42)48)58(34-21-32(34)49)23-31(43(30)63)45(65)66/h9-14,20,23,25,27,29,32,34,40H,3-8,15-19,21-22,24H2,1-2H3,(H,53,64)(H,54,68)(H,55,60)(H,65,66)(H3,51,52,67)/t27-,29?,32+,34+,40+/m1/s1. The Bertz CT molecular complexity index is 2570. The molecule has 2 aliphatic heterocycles. The van der Waals surface area contributed by atoms with Gasteiger partial charge in [-0.2, -0.15) is 0 Å². The lowest BCUT2D eigenvalue weighted by atomic mass is 9.89. The molecule has 1 aliphatic carbocycles. The van der Waals surface area contributed by atoms with Crippen LogP contribution in [0.25, 0.3) is 10.9 Å². The number of carbonyl (C=O) groups excluding carboxylic acids is 7. The Morgan fingerprint density at radius 1 is 1.00 bits per heavy atom. The highest BCUT2D eigenvalue weighted by Crippen LogP contribution is 2.44. The van der Waals surface area contributed by atoms with Crippen molar-refractivity contribution in [2.75, 3.05) is 36.4 Å². The average Bonchev–Trinajstić information content (AvgIpc) is 3.70. The number of aromatic carboxylic acids is 1. The lowest BCUT2D eigenvalue weighted by Gasteiger charge is -2.24.